The van der Waals surface area contributed by atoms with Gasteiger partial charge in [-0.2, -0.15) is 22.0 Å². The Kier molecular flexibility index (Phi) is 9.75. The lowest BCUT2D eigenvalue weighted by atomic mass is 9.84. The highest BCUT2D eigenvalue weighted by atomic mass is 19.4. The maximum Gasteiger partial charge on any atom is 0.416 e. The lowest BCUT2D eigenvalue weighted by Gasteiger charge is -2.26. The second-order valence-corrected chi connectivity index (χ2v) is 10.7. The molecule has 3 amide bonds. The van der Waals surface area contributed by atoms with Crippen LogP contribution in [0.2, 0.25) is 0 Å². The number of alkyl halides is 5. The van der Waals surface area contributed by atoms with Crippen molar-refractivity contribution in [1.82, 2.24) is 5.32 Å². The minimum atomic E-state index is -4.68. The molecule has 0 aromatic heterocycles. The van der Waals surface area contributed by atoms with Crippen molar-refractivity contribution in [3.8, 4) is 0 Å². The Bertz CT molecular complexity index is 1490. The maximum absolute atomic E-state index is 13.5. The molecule has 0 heterocycles. The van der Waals surface area contributed by atoms with Crippen LogP contribution in [0.5, 0.6) is 0 Å². The van der Waals surface area contributed by atoms with Gasteiger partial charge in [-0.25, -0.2) is 9.59 Å². The van der Waals surface area contributed by atoms with Crippen molar-refractivity contribution in [2.45, 2.75) is 56.7 Å². The fourth-order valence-corrected chi connectivity index (χ4v) is 5.03. The summed E-state index contributed by atoms with van der Waals surface area (Å²) in [5, 5.41) is 12.9. The van der Waals surface area contributed by atoms with E-state index < -0.39 is 42.1 Å². The highest BCUT2D eigenvalue weighted by Gasteiger charge is 2.39. The van der Waals surface area contributed by atoms with E-state index in [9.17, 15) is 36.3 Å². The summed E-state index contributed by atoms with van der Waals surface area (Å²) in [7, 11) is 0. The van der Waals surface area contributed by atoms with Gasteiger partial charge in [-0.05, 0) is 72.4 Å². The van der Waals surface area contributed by atoms with Gasteiger partial charge in [0.2, 0.25) is 0 Å². The lowest BCUT2D eigenvalue weighted by molar-refractivity contribution is -0.163. The van der Waals surface area contributed by atoms with Crippen molar-refractivity contribution < 1.29 is 41.4 Å². The molecule has 0 saturated heterocycles. The van der Waals surface area contributed by atoms with Crippen molar-refractivity contribution in [1.29, 1.82) is 0 Å². The Balaban J connectivity index is 1.56. The van der Waals surface area contributed by atoms with E-state index in [1.54, 1.807) is 12.1 Å². The number of hydrogen-bond acceptors (Lipinski definition) is 4. The van der Waals surface area contributed by atoms with E-state index in [2.05, 4.69) is 5.32 Å². The van der Waals surface area contributed by atoms with Crippen molar-refractivity contribution in [2.24, 2.45) is 0 Å². The van der Waals surface area contributed by atoms with E-state index in [-0.39, 0.29) is 23.5 Å². The second-order valence-electron chi connectivity index (χ2n) is 10.7. The molecule has 1 aliphatic carbocycles. The topological polar surface area (TPSA) is 125 Å². The predicted octanol–water partition coefficient (Wildman–Crippen LogP) is 7.02. The average Bonchev–Trinajstić information content (AvgIpc) is 2.98. The van der Waals surface area contributed by atoms with Crippen LogP contribution in [-0.2, 0) is 17.5 Å². The fraction of sp³-hybridized carbons (Fsp3) is 0.323. The van der Waals surface area contributed by atoms with Crippen molar-refractivity contribution >= 4 is 35.0 Å². The zero-order valence-corrected chi connectivity index (χ0v) is 23.5. The molecule has 4 rings (SSSR count). The van der Waals surface area contributed by atoms with Gasteiger partial charge >= 0.3 is 24.1 Å². The Hall–Kier alpha value is -4.68. The predicted molar refractivity (Wildman–Crippen MR) is 155 cm³/mol. The molecule has 0 atom stereocenters. The molecule has 1 aliphatic rings. The Labute approximate surface area is 250 Å². The number of aliphatic carboxylic acids is 1. The number of hydrogen-bond donors (Lipinski definition) is 4. The van der Waals surface area contributed by atoms with Gasteiger partial charge in [0.15, 0.2) is 0 Å². The van der Waals surface area contributed by atoms with E-state index in [0.717, 1.165) is 43.4 Å². The summed E-state index contributed by atoms with van der Waals surface area (Å²) in [6.07, 6.45) is 0.913. The van der Waals surface area contributed by atoms with Crippen LogP contribution in [0, 0.1) is 0 Å². The summed E-state index contributed by atoms with van der Waals surface area (Å²) in [4.78, 5) is 37.7. The molecule has 0 radical (unpaired) electrons. The molecule has 3 aromatic carbocycles. The van der Waals surface area contributed by atoms with Gasteiger partial charge in [0, 0.05) is 22.6 Å². The zero-order valence-electron chi connectivity index (χ0n) is 23.5. The van der Waals surface area contributed by atoms with E-state index >= 15 is 0 Å². The number of carbonyl (C=O) groups excluding carboxylic acids is 2. The summed E-state index contributed by atoms with van der Waals surface area (Å²) in [6, 6.07) is 15.0. The number of anilines is 3. The molecule has 3 aromatic rings. The quantitative estimate of drug-likeness (QED) is 0.152. The van der Waals surface area contributed by atoms with Gasteiger partial charge in [0.05, 0.1) is 18.7 Å². The molecule has 0 bridgehead atoms. The van der Waals surface area contributed by atoms with Crippen LogP contribution in [0.1, 0.15) is 65.1 Å². The number of urea groups is 1. The number of nitrogen functional groups attached to an aromatic ring is 1. The molecule has 1 saturated carbocycles. The second kappa shape index (κ2) is 13.3. The van der Waals surface area contributed by atoms with E-state index in [0.29, 0.717) is 17.2 Å². The Morgan fingerprint density at radius 1 is 0.886 bits per heavy atom. The fourth-order valence-electron chi connectivity index (χ4n) is 5.03. The minimum Gasteiger partial charge on any atom is -0.477 e. The highest BCUT2D eigenvalue weighted by Crippen LogP contribution is 2.35. The van der Waals surface area contributed by atoms with Crippen LogP contribution in [0.3, 0.4) is 0 Å². The molecule has 0 unspecified atom stereocenters. The van der Waals surface area contributed by atoms with E-state index in [1.807, 2.05) is 17.4 Å². The third-order valence-electron chi connectivity index (χ3n) is 7.40. The normalized spacial score (nSPS) is 14.1. The number of benzene rings is 3. The van der Waals surface area contributed by atoms with Gasteiger partial charge < -0.3 is 21.5 Å². The Morgan fingerprint density at radius 3 is 2.11 bits per heavy atom. The maximum atomic E-state index is 13.5. The van der Waals surface area contributed by atoms with Crippen LogP contribution in [0.15, 0.2) is 66.7 Å². The number of nitrogens with zero attached hydrogens (tertiary/aromatic N) is 1. The Morgan fingerprint density at radius 2 is 1.52 bits per heavy atom. The van der Waals surface area contributed by atoms with E-state index in [1.165, 1.54) is 41.7 Å². The number of carbonyl (C=O) groups is 3. The summed E-state index contributed by atoms with van der Waals surface area (Å²) in [6.45, 7) is -1.46. The van der Waals surface area contributed by atoms with Crippen LogP contribution in [0.4, 0.5) is 43.8 Å². The van der Waals surface area contributed by atoms with Gasteiger partial charge in [0.1, 0.15) is 0 Å². The number of rotatable bonds is 9. The lowest BCUT2D eigenvalue weighted by Crippen LogP contribution is -2.42. The summed E-state index contributed by atoms with van der Waals surface area (Å²) < 4.78 is 66.7. The van der Waals surface area contributed by atoms with Gasteiger partial charge in [-0.1, -0.05) is 43.5 Å². The third-order valence-corrected chi connectivity index (χ3v) is 7.40. The zero-order chi connectivity index (χ0) is 32.1. The van der Waals surface area contributed by atoms with Crippen molar-refractivity contribution in [3.05, 3.63) is 89.0 Å². The molecule has 0 spiro atoms. The molecular formula is C31H31F5N4O4. The number of halogens is 5. The van der Waals surface area contributed by atoms with Crippen LogP contribution >= 0.6 is 0 Å². The molecular weight excluding hydrogens is 587 g/mol. The average molecular weight is 619 g/mol. The van der Waals surface area contributed by atoms with Crippen molar-refractivity contribution in [3.63, 3.8) is 0 Å². The first-order valence-corrected chi connectivity index (χ1v) is 13.9. The molecule has 5 N–H and O–H groups in total. The van der Waals surface area contributed by atoms with Crippen LogP contribution < -0.4 is 21.3 Å². The summed E-state index contributed by atoms with van der Waals surface area (Å²) >= 11 is 0. The number of nitrogens with two attached hydrogens (primary N) is 1. The molecule has 13 heteroatoms. The third kappa shape index (κ3) is 8.23. The van der Waals surface area contributed by atoms with Gasteiger partial charge in [-0.3, -0.25) is 9.69 Å². The SMILES string of the molecule is Nc1cc(NC(=O)N(Cc2ccc(C(=O)NCC(F)(F)C(=O)O)cc2)c2ccc(C3CCCCC3)cc2)cc(C(F)(F)F)c1. The van der Waals surface area contributed by atoms with Crippen LogP contribution in [-0.4, -0.2) is 35.5 Å². The molecule has 1 fully saturated rings. The molecule has 0 aliphatic heterocycles. The minimum absolute atomic E-state index is 0.0257. The number of nitrogens with one attached hydrogen (secondary N) is 2. The number of carboxylic acid groups (broad SMARTS) is 1. The molecule has 44 heavy (non-hydrogen) atoms. The summed E-state index contributed by atoms with van der Waals surface area (Å²) in [5.41, 5.74) is 6.36. The van der Waals surface area contributed by atoms with Crippen molar-refractivity contribution in [2.75, 3.05) is 22.5 Å². The monoisotopic (exact) mass is 618 g/mol. The summed E-state index contributed by atoms with van der Waals surface area (Å²) in [5.74, 6) is -7.03. The number of amides is 3. The first kappa shape index (κ1) is 32.2. The van der Waals surface area contributed by atoms with Gasteiger partial charge in [-0.15, -0.1) is 0 Å². The molecule has 234 valence electrons. The number of carboxylic acids is 1. The highest BCUT2D eigenvalue weighted by molar-refractivity contribution is 6.02. The first-order chi connectivity index (χ1) is 20.7. The standard InChI is InChI=1S/C31H31F5N4O4/c32-30(33,28(42)43)18-38-27(41)22-8-6-19(7-9-22)17-40(26-12-10-21(11-13-26)20-4-2-1-3-5-20)29(44)39-25-15-23(31(34,35)36)14-24(37)16-25/h6-16,20H,1-5,17-18,37H2,(H,38,41)(H,39,44)(H,42,43). The van der Waals surface area contributed by atoms with Gasteiger partial charge in [0.25, 0.3) is 5.91 Å². The van der Waals surface area contributed by atoms with Crippen LogP contribution in [0.25, 0.3) is 0 Å². The first-order valence-electron chi connectivity index (χ1n) is 13.9. The smallest absolute Gasteiger partial charge is 0.416 e. The largest absolute Gasteiger partial charge is 0.477 e. The molecule has 8 nitrogen and oxygen atoms in total. The van der Waals surface area contributed by atoms with E-state index in [4.69, 9.17) is 10.8 Å².